The van der Waals surface area contributed by atoms with Gasteiger partial charge in [0.1, 0.15) is 0 Å². The van der Waals surface area contributed by atoms with Gasteiger partial charge >= 0.3 is 0 Å². The quantitative estimate of drug-likeness (QED) is 0.816. The number of nitrogens with zero attached hydrogens (tertiary/aromatic N) is 2. The first-order valence-electron chi connectivity index (χ1n) is 9.74. The molecule has 3 unspecified atom stereocenters. The molecule has 1 amide bonds. The molecule has 0 aliphatic carbocycles. The highest BCUT2D eigenvalue weighted by molar-refractivity contribution is 5.94. The Balaban J connectivity index is 1.78. The van der Waals surface area contributed by atoms with Gasteiger partial charge in [-0.2, -0.15) is 0 Å². The van der Waals surface area contributed by atoms with Gasteiger partial charge in [0.05, 0.1) is 18.2 Å². The molecular weight excluding hydrogens is 340 g/mol. The van der Waals surface area contributed by atoms with Gasteiger partial charge in [0.2, 0.25) is 0 Å². The minimum absolute atomic E-state index is 0.0260. The molecule has 2 heterocycles. The van der Waals surface area contributed by atoms with Gasteiger partial charge < -0.3 is 20.7 Å². The first-order valence-corrected chi connectivity index (χ1v) is 9.74. The summed E-state index contributed by atoms with van der Waals surface area (Å²) >= 11 is 0. The van der Waals surface area contributed by atoms with Crippen LogP contribution in [0.3, 0.4) is 0 Å². The topological polar surface area (TPSA) is 80.5 Å². The van der Waals surface area contributed by atoms with E-state index in [0.717, 1.165) is 41.5 Å². The molecule has 0 radical (unpaired) electrons. The Morgan fingerprint density at radius 2 is 2.22 bits per heavy atom. The number of hydrogen-bond acceptors (Lipinski definition) is 5. The number of hydrogen-bond donors (Lipinski definition) is 2. The Hall–Kier alpha value is -2.18. The van der Waals surface area contributed by atoms with Crippen molar-refractivity contribution in [1.29, 1.82) is 0 Å². The van der Waals surface area contributed by atoms with Gasteiger partial charge in [-0.1, -0.05) is 6.07 Å². The average Bonchev–Trinajstić information content (AvgIpc) is 2.66. The summed E-state index contributed by atoms with van der Waals surface area (Å²) < 4.78 is 5.95. The summed E-state index contributed by atoms with van der Waals surface area (Å²) in [6, 6.07) is 8.36. The zero-order valence-corrected chi connectivity index (χ0v) is 16.4. The van der Waals surface area contributed by atoms with Crippen molar-refractivity contribution in [3.63, 3.8) is 0 Å². The Morgan fingerprint density at radius 1 is 1.41 bits per heavy atom. The average molecular weight is 370 g/mol. The number of aryl methyl sites for hydroxylation is 1. The summed E-state index contributed by atoms with van der Waals surface area (Å²) in [5.74, 6) is -0.0504. The van der Waals surface area contributed by atoms with Gasteiger partial charge in [0.25, 0.3) is 5.91 Å². The van der Waals surface area contributed by atoms with Crippen LogP contribution in [0.15, 0.2) is 30.5 Å². The predicted octanol–water partition coefficient (Wildman–Crippen LogP) is 2.38. The third-order valence-electron chi connectivity index (χ3n) is 5.07. The molecule has 146 valence electrons. The number of amides is 1. The van der Waals surface area contributed by atoms with E-state index in [9.17, 15) is 4.79 Å². The lowest BCUT2D eigenvalue weighted by molar-refractivity contribution is -0.138. The van der Waals surface area contributed by atoms with Gasteiger partial charge in [-0.15, -0.1) is 0 Å². The number of carbonyl (C=O) groups is 1. The highest BCUT2D eigenvalue weighted by atomic mass is 16.5. The lowest BCUT2D eigenvalue weighted by Crippen LogP contribution is -2.54. The molecule has 2 aromatic rings. The van der Waals surface area contributed by atoms with Gasteiger partial charge in [0.15, 0.2) is 6.10 Å². The number of nitrogens with two attached hydrogens (primary N) is 1. The fourth-order valence-corrected chi connectivity index (χ4v) is 3.70. The normalized spacial score (nSPS) is 21.3. The molecule has 3 N–H and O–H groups in total. The molecule has 1 saturated heterocycles. The molecule has 27 heavy (non-hydrogen) atoms. The molecule has 1 aliphatic heterocycles. The standard InChI is InChI=1S/C21H30N4O2/c1-14-8-9-18(17-7-5-11-23-20(14)17)25-12-16(3)27-19(13-25)21(26)24-15(2)6-4-10-22/h5,7-9,11,15-16,19H,4,6,10,12-13,22H2,1-3H3,(H,24,26). The van der Waals surface area contributed by atoms with E-state index in [1.54, 1.807) is 0 Å². The highest BCUT2D eigenvalue weighted by Gasteiger charge is 2.31. The van der Waals surface area contributed by atoms with E-state index < -0.39 is 6.10 Å². The molecule has 0 spiro atoms. The summed E-state index contributed by atoms with van der Waals surface area (Å²) in [7, 11) is 0. The molecule has 1 aromatic heterocycles. The number of carbonyl (C=O) groups excluding carboxylic acids is 1. The predicted molar refractivity (Wildman–Crippen MR) is 109 cm³/mol. The van der Waals surface area contributed by atoms with Crippen LogP contribution >= 0.6 is 0 Å². The second-order valence-electron chi connectivity index (χ2n) is 7.48. The van der Waals surface area contributed by atoms with E-state index in [-0.39, 0.29) is 18.1 Å². The van der Waals surface area contributed by atoms with Crippen LogP contribution in [0.2, 0.25) is 0 Å². The summed E-state index contributed by atoms with van der Waals surface area (Å²) in [5, 5.41) is 4.18. The fourth-order valence-electron chi connectivity index (χ4n) is 3.70. The highest BCUT2D eigenvalue weighted by Crippen LogP contribution is 2.30. The largest absolute Gasteiger partial charge is 0.365 e. The van der Waals surface area contributed by atoms with Crippen molar-refractivity contribution in [1.82, 2.24) is 10.3 Å². The van der Waals surface area contributed by atoms with Crippen LogP contribution in [-0.4, -0.2) is 48.8 Å². The minimum Gasteiger partial charge on any atom is -0.365 e. The van der Waals surface area contributed by atoms with Crippen molar-refractivity contribution in [2.24, 2.45) is 5.73 Å². The Bertz CT molecular complexity index is 795. The maximum atomic E-state index is 12.7. The maximum absolute atomic E-state index is 12.7. The number of pyridine rings is 1. The molecule has 0 saturated carbocycles. The second-order valence-corrected chi connectivity index (χ2v) is 7.48. The van der Waals surface area contributed by atoms with E-state index in [1.165, 1.54) is 0 Å². The fraction of sp³-hybridized carbons (Fsp3) is 0.524. The molecule has 0 bridgehead atoms. The summed E-state index contributed by atoms with van der Waals surface area (Å²) in [5.41, 5.74) is 8.82. The number of anilines is 1. The monoisotopic (exact) mass is 370 g/mol. The van der Waals surface area contributed by atoms with Crippen LogP contribution in [0.1, 0.15) is 32.3 Å². The lowest BCUT2D eigenvalue weighted by Gasteiger charge is -2.38. The van der Waals surface area contributed by atoms with Crippen molar-refractivity contribution in [3.05, 3.63) is 36.0 Å². The van der Waals surface area contributed by atoms with E-state index >= 15 is 0 Å². The zero-order chi connectivity index (χ0) is 19.4. The summed E-state index contributed by atoms with van der Waals surface area (Å²) in [4.78, 5) is 19.5. The SMILES string of the molecule is Cc1ccc(N2CC(C)OC(C(=O)NC(C)CCCN)C2)c2cccnc12. The van der Waals surface area contributed by atoms with Crippen LogP contribution in [-0.2, 0) is 9.53 Å². The Kier molecular flexibility index (Phi) is 6.29. The molecule has 1 fully saturated rings. The van der Waals surface area contributed by atoms with Crippen LogP contribution in [0, 0.1) is 6.92 Å². The van der Waals surface area contributed by atoms with Gasteiger partial charge in [0, 0.05) is 29.9 Å². The molecule has 1 aromatic carbocycles. The number of nitrogens with one attached hydrogen (secondary N) is 1. The number of morpholine rings is 1. The summed E-state index contributed by atoms with van der Waals surface area (Å²) in [6.07, 6.45) is 3.09. The molecule has 6 nitrogen and oxygen atoms in total. The lowest BCUT2D eigenvalue weighted by atomic mass is 10.1. The van der Waals surface area contributed by atoms with Crippen molar-refractivity contribution in [2.45, 2.75) is 51.9 Å². The van der Waals surface area contributed by atoms with Gasteiger partial charge in [-0.3, -0.25) is 9.78 Å². The Morgan fingerprint density at radius 3 is 3.00 bits per heavy atom. The molecule has 1 aliphatic rings. The zero-order valence-electron chi connectivity index (χ0n) is 16.4. The van der Waals surface area contributed by atoms with Gasteiger partial charge in [-0.25, -0.2) is 0 Å². The van der Waals surface area contributed by atoms with Crippen LogP contribution in [0.25, 0.3) is 10.9 Å². The van der Waals surface area contributed by atoms with Crippen molar-refractivity contribution >= 4 is 22.5 Å². The van der Waals surface area contributed by atoms with Crippen molar-refractivity contribution in [3.8, 4) is 0 Å². The van der Waals surface area contributed by atoms with E-state index in [4.69, 9.17) is 10.5 Å². The first-order chi connectivity index (χ1) is 13.0. The summed E-state index contributed by atoms with van der Waals surface area (Å²) in [6.45, 7) is 8.02. The number of benzene rings is 1. The van der Waals surface area contributed by atoms with Crippen LogP contribution in [0.5, 0.6) is 0 Å². The molecule has 6 heteroatoms. The van der Waals surface area contributed by atoms with E-state index in [2.05, 4.69) is 40.3 Å². The molecule has 3 rings (SSSR count). The second kappa shape index (κ2) is 8.67. The Labute approximate surface area is 161 Å². The maximum Gasteiger partial charge on any atom is 0.251 e. The molecular formula is C21H30N4O2. The number of fused-ring (bicyclic) bond motifs is 1. The first kappa shape index (κ1) is 19.6. The molecule has 3 atom stereocenters. The number of aromatic nitrogens is 1. The third-order valence-corrected chi connectivity index (χ3v) is 5.07. The van der Waals surface area contributed by atoms with E-state index in [0.29, 0.717) is 13.1 Å². The van der Waals surface area contributed by atoms with Crippen molar-refractivity contribution < 1.29 is 9.53 Å². The van der Waals surface area contributed by atoms with E-state index in [1.807, 2.05) is 26.1 Å². The van der Waals surface area contributed by atoms with Gasteiger partial charge in [-0.05, 0) is 63.9 Å². The minimum atomic E-state index is -0.484. The number of ether oxygens (including phenoxy) is 1. The smallest absolute Gasteiger partial charge is 0.251 e. The number of rotatable bonds is 6. The van der Waals surface area contributed by atoms with Crippen molar-refractivity contribution in [2.75, 3.05) is 24.5 Å². The third kappa shape index (κ3) is 4.57. The van der Waals surface area contributed by atoms with Crippen LogP contribution in [0.4, 0.5) is 5.69 Å². The van der Waals surface area contributed by atoms with Crippen LogP contribution < -0.4 is 16.0 Å².